The lowest BCUT2D eigenvalue weighted by Crippen LogP contribution is -2.30. The molecule has 1 amide bonds. The molecule has 0 fully saturated rings. The number of hydrogen-bond acceptors (Lipinski definition) is 3. The van der Waals surface area contributed by atoms with E-state index in [1.54, 1.807) is 18.3 Å². The van der Waals surface area contributed by atoms with Crippen molar-refractivity contribution < 1.29 is 9.18 Å². The molecule has 0 unspecified atom stereocenters. The van der Waals surface area contributed by atoms with Gasteiger partial charge >= 0.3 is 0 Å². The monoisotopic (exact) mass is 392 g/mol. The van der Waals surface area contributed by atoms with E-state index in [1.807, 2.05) is 10.6 Å². The lowest BCUT2D eigenvalue weighted by atomic mass is 10.1. The number of aromatic nitrogens is 2. The zero-order chi connectivity index (χ0) is 20.1. The summed E-state index contributed by atoms with van der Waals surface area (Å²) in [5.41, 5.74) is 2.65. The van der Waals surface area contributed by atoms with Crippen LogP contribution < -0.4 is 5.32 Å². The van der Waals surface area contributed by atoms with E-state index >= 15 is 0 Å². The fourth-order valence-electron chi connectivity index (χ4n) is 3.73. The summed E-state index contributed by atoms with van der Waals surface area (Å²) in [6.45, 7) is 3.86. The number of nitrogens with zero attached hydrogens (tertiary/aromatic N) is 3. The molecule has 0 atom stereocenters. The van der Waals surface area contributed by atoms with Gasteiger partial charge in [0.2, 0.25) is 0 Å². The van der Waals surface area contributed by atoms with Crippen LogP contribution in [0.2, 0.25) is 0 Å². The summed E-state index contributed by atoms with van der Waals surface area (Å²) in [5.74, 6) is 0.472. The SMILES string of the molecule is O=C(NCc1cccc(F)c1)c1cnc2n1CCN(CCc1ccccc1)CC2. The van der Waals surface area contributed by atoms with Crippen LogP contribution in [-0.4, -0.2) is 40.0 Å². The highest BCUT2D eigenvalue weighted by Gasteiger charge is 2.20. The van der Waals surface area contributed by atoms with Crippen LogP contribution in [0.3, 0.4) is 0 Å². The molecular formula is C23H25FN4O. The topological polar surface area (TPSA) is 50.2 Å². The van der Waals surface area contributed by atoms with Crippen molar-refractivity contribution >= 4 is 5.91 Å². The van der Waals surface area contributed by atoms with Crippen LogP contribution in [0.4, 0.5) is 4.39 Å². The van der Waals surface area contributed by atoms with Gasteiger partial charge in [0.05, 0.1) is 6.20 Å². The van der Waals surface area contributed by atoms with Crippen LogP contribution in [0.1, 0.15) is 27.4 Å². The molecule has 1 aromatic heterocycles. The molecule has 1 N–H and O–H groups in total. The molecule has 0 aliphatic carbocycles. The lowest BCUT2D eigenvalue weighted by Gasteiger charge is -2.19. The van der Waals surface area contributed by atoms with E-state index in [9.17, 15) is 9.18 Å². The highest BCUT2D eigenvalue weighted by molar-refractivity contribution is 5.92. The third-order valence-electron chi connectivity index (χ3n) is 5.36. The van der Waals surface area contributed by atoms with Gasteiger partial charge in [-0.05, 0) is 29.7 Å². The lowest BCUT2D eigenvalue weighted by molar-refractivity contribution is 0.0940. The van der Waals surface area contributed by atoms with E-state index < -0.39 is 0 Å². The molecule has 5 nitrogen and oxygen atoms in total. The average Bonchev–Trinajstić information content (AvgIpc) is 3.04. The average molecular weight is 392 g/mol. The van der Waals surface area contributed by atoms with E-state index in [0.29, 0.717) is 12.2 Å². The highest BCUT2D eigenvalue weighted by atomic mass is 19.1. The third-order valence-corrected chi connectivity index (χ3v) is 5.36. The summed E-state index contributed by atoms with van der Waals surface area (Å²) >= 11 is 0. The third kappa shape index (κ3) is 4.90. The van der Waals surface area contributed by atoms with Crippen molar-refractivity contribution in [3.63, 3.8) is 0 Å². The molecule has 4 rings (SSSR count). The quantitative estimate of drug-likeness (QED) is 0.702. The second-order valence-electron chi connectivity index (χ2n) is 7.35. The molecule has 0 saturated heterocycles. The molecule has 3 aromatic rings. The first-order valence-corrected chi connectivity index (χ1v) is 10.0. The molecule has 6 heteroatoms. The first kappa shape index (κ1) is 19.3. The number of fused-ring (bicyclic) bond motifs is 1. The second kappa shape index (κ2) is 9.01. The summed E-state index contributed by atoms with van der Waals surface area (Å²) in [4.78, 5) is 19.6. The predicted octanol–water partition coefficient (Wildman–Crippen LogP) is 3.05. The predicted molar refractivity (Wildman–Crippen MR) is 110 cm³/mol. The van der Waals surface area contributed by atoms with Crippen LogP contribution in [0, 0.1) is 5.82 Å². The molecule has 0 spiro atoms. The number of amides is 1. The summed E-state index contributed by atoms with van der Waals surface area (Å²) in [6, 6.07) is 16.8. The number of carbonyl (C=O) groups excluding carboxylic acids is 1. The van der Waals surface area contributed by atoms with Gasteiger partial charge < -0.3 is 14.8 Å². The van der Waals surface area contributed by atoms with Crippen LogP contribution >= 0.6 is 0 Å². The minimum atomic E-state index is -0.300. The van der Waals surface area contributed by atoms with Crippen molar-refractivity contribution in [1.82, 2.24) is 19.8 Å². The van der Waals surface area contributed by atoms with Crippen LogP contribution in [0.25, 0.3) is 0 Å². The van der Waals surface area contributed by atoms with Crippen LogP contribution in [-0.2, 0) is 25.9 Å². The normalized spacial score (nSPS) is 14.2. The second-order valence-corrected chi connectivity index (χ2v) is 7.35. The number of imidazole rings is 1. The molecule has 0 radical (unpaired) electrons. The Hall–Kier alpha value is -2.99. The number of halogens is 1. The van der Waals surface area contributed by atoms with Gasteiger partial charge in [0.25, 0.3) is 5.91 Å². The van der Waals surface area contributed by atoms with Gasteiger partial charge in [-0.3, -0.25) is 4.79 Å². The minimum Gasteiger partial charge on any atom is -0.347 e. The number of carbonyl (C=O) groups is 1. The van der Waals surface area contributed by atoms with Crippen LogP contribution in [0.15, 0.2) is 60.8 Å². The molecule has 1 aliphatic heterocycles. The maximum atomic E-state index is 13.3. The summed E-state index contributed by atoms with van der Waals surface area (Å²) < 4.78 is 15.3. The summed E-state index contributed by atoms with van der Waals surface area (Å²) in [5, 5.41) is 2.88. The Morgan fingerprint density at radius 2 is 1.86 bits per heavy atom. The van der Waals surface area contributed by atoms with Gasteiger partial charge in [0, 0.05) is 39.1 Å². The summed E-state index contributed by atoms with van der Waals surface area (Å²) in [6.07, 6.45) is 3.49. The molecule has 1 aliphatic rings. The molecule has 0 saturated carbocycles. The van der Waals surface area contributed by atoms with E-state index in [4.69, 9.17) is 0 Å². The maximum absolute atomic E-state index is 13.3. The Kier molecular flexibility index (Phi) is 6.00. The molecule has 0 bridgehead atoms. The van der Waals surface area contributed by atoms with Gasteiger partial charge in [-0.1, -0.05) is 42.5 Å². The number of rotatable bonds is 6. The van der Waals surface area contributed by atoms with Gasteiger partial charge in [-0.15, -0.1) is 0 Å². The Morgan fingerprint density at radius 1 is 1.03 bits per heavy atom. The Labute approximate surface area is 170 Å². The van der Waals surface area contributed by atoms with Crippen molar-refractivity contribution in [3.8, 4) is 0 Å². The number of hydrogen-bond donors (Lipinski definition) is 1. The number of nitrogens with one attached hydrogen (secondary N) is 1. The Balaban J connectivity index is 1.35. The van der Waals surface area contributed by atoms with Gasteiger partial charge in [-0.2, -0.15) is 0 Å². The van der Waals surface area contributed by atoms with Crippen molar-refractivity contribution in [3.05, 3.63) is 89.3 Å². The zero-order valence-corrected chi connectivity index (χ0v) is 16.4. The highest BCUT2D eigenvalue weighted by Crippen LogP contribution is 2.13. The first-order valence-electron chi connectivity index (χ1n) is 10.0. The molecule has 29 heavy (non-hydrogen) atoms. The number of benzene rings is 2. The maximum Gasteiger partial charge on any atom is 0.269 e. The summed E-state index contributed by atoms with van der Waals surface area (Å²) in [7, 11) is 0. The Morgan fingerprint density at radius 3 is 2.69 bits per heavy atom. The largest absolute Gasteiger partial charge is 0.347 e. The van der Waals surface area contributed by atoms with Crippen LogP contribution in [0.5, 0.6) is 0 Å². The molecule has 2 heterocycles. The fraction of sp³-hybridized carbons (Fsp3) is 0.304. The van der Waals surface area contributed by atoms with E-state index in [1.165, 1.54) is 17.7 Å². The van der Waals surface area contributed by atoms with Crippen molar-refractivity contribution in [1.29, 1.82) is 0 Å². The van der Waals surface area contributed by atoms with Crippen molar-refractivity contribution in [2.24, 2.45) is 0 Å². The van der Waals surface area contributed by atoms with Gasteiger partial charge in [0.1, 0.15) is 17.3 Å². The smallest absolute Gasteiger partial charge is 0.269 e. The van der Waals surface area contributed by atoms with Gasteiger partial charge in [0.15, 0.2) is 0 Å². The molecular weight excluding hydrogens is 367 g/mol. The van der Waals surface area contributed by atoms with Gasteiger partial charge in [-0.25, -0.2) is 9.37 Å². The van der Waals surface area contributed by atoms with Crippen molar-refractivity contribution in [2.75, 3.05) is 19.6 Å². The van der Waals surface area contributed by atoms with Crippen molar-refractivity contribution in [2.45, 2.75) is 25.9 Å². The van der Waals surface area contributed by atoms with E-state index in [-0.39, 0.29) is 11.7 Å². The van der Waals surface area contributed by atoms with E-state index in [2.05, 4.69) is 39.5 Å². The standard InChI is InChI=1S/C23H25FN4O/c24-20-8-4-7-19(15-20)16-26-23(29)21-17-25-22-10-12-27(13-14-28(21)22)11-9-18-5-2-1-3-6-18/h1-8,15,17H,9-14,16H2,(H,26,29). The fourth-order valence-corrected chi connectivity index (χ4v) is 3.73. The minimum absolute atomic E-state index is 0.175. The first-order chi connectivity index (χ1) is 14.2. The van der Waals surface area contributed by atoms with E-state index in [0.717, 1.165) is 50.4 Å². The molecule has 2 aromatic carbocycles. The Bertz CT molecular complexity index is 970. The molecule has 150 valence electrons. The zero-order valence-electron chi connectivity index (χ0n) is 16.4.